The number of esters is 1. The average Bonchev–Trinajstić information content (AvgIpc) is 3.09. The van der Waals surface area contributed by atoms with Crippen molar-refractivity contribution in [3.8, 4) is 0 Å². The Kier molecular flexibility index (Phi) is 5.13. The number of hydrogen-bond acceptors (Lipinski definition) is 4. The first kappa shape index (κ1) is 18.2. The first-order valence-electron chi connectivity index (χ1n) is 8.04. The average molecular weight is 381 g/mol. The summed E-state index contributed by atoms with van der Waals surface area (Å²) in [6, 6.07) is 2.24. The van der Waals surface area contributed by atoms with Crippen LogP contribution in [0, 0.1) is 5.82 Å². The van der Waals surface area contributed by atoms with Crippen LogP contribution in [0.3, 0.4) is 0 Å². The number of imidazole rings is 1. The molecule has 2 aromatic rings. The summed E-state index contributed by atoms with van der Waals surface area (Å²) in [5.74, 6) is -1.10. The fraction of sp³-hybridized carbons (Fsp3) is 0.353. The molecule has 2 amide bonds. The van der Waals surface area contributed by atoms with Crippen molar-refractivity contribution in [1.82, 2.24) is 20.2 Å². The number of urea groups is 1. The van der Waals surface area contributed by atoms with E-state index in [-0.39, 0.29) is 10.6 Å². The molecule has 1 aliphatic heterocycles. The maximum Gasteiger partial charge on any atom is 0.328 e. The number of nitrogens with zero attached hydrogens (tertiary/aromatic N) is 2. The lowest BCUT2D eigenvalue weighted by molar-refractivity contribution is -0.142. The van der Waals surface area contributed by atoms with Gasteiger partial charge in [-0.25, -0.2) is 19.0 Å². The molecule has 0 spiro atoms. The smallest absolute Gasteiger partial charge is 0.328 e. The van der Waals surface area contributed by atoms with Gasteiger partial charge in [-0.3, -0.25) is 0 Å². The second-order valence-electron chi connectivity index (χ2n) is 5.97. The standard InChI is InChI=1S/C17H18ClFN4O3/c1-9(16(24)26-2)22-17(25)23-6-5-13-14(21-8-20-13)15(23)11-4-3-10(18)7-12(11)19/h3-4,7-9,15H,5-6H2,1-2H3,(H,20,21)(H,22,25)/t9-,15-/m1/s1. The molecule has 1 aromatic carbocycles. The fourth-order valence-corrected chi connectivity index (χ4v) is 3.20. The van der Waals surface area contributed by atoms with Crippen LogP contribution in [0.2, 0.25) is 5.02 Å². The molecule has 0 fully saturated rings. The number of aromatic nitrogens is 2. The number of nitrogens with one attached hydrogen (secondary N) is 2. The number of fused-ring (bicyclic) bond motifs is 1. The number of H-pyrrole nitrogens is 1. The van der Waals surface area contributed by atoms with Crippen molar-refractivity contribution < 1.29 is 18.7 Å². The van der Waals surface area contributed by atoms with Crippen molar-refractivity contribution in [1.29, 1.82) is 0 Å². The molecular formula is C17H18ClFN4O3. The Morgan fingerprint density at radius 2 is 2.27 bits per heavy atom. The largest absolute Gasteiger partial charge is 0.467 e. The fourth-order valence-electron chi connectivity index (χ4n) is 3.04. The first-order chi connectivity index (χ1) is 12.4. The number of rotatable bonds is 3. The molecule has 1 aliphatic rings. The van der Waals surface area contributed by atoms with Gasteiger partial charge < -0.3 is 19.9 Å². The van der Waals surface area contributed by atoms with Crippen LogP contribution in [0.15, 0.2) is 24.5 Å². The molecule has 0 saturated carbocycles. The van der Waals surface area contributed by atoms with Gasteiger partial charge in [-0.15, -0.1) is 0 Å². The summed E-state index contributed by atoms with van der Waals surface area (Å²) in [4.78, 5) is 33.1. The summed E-state index contributed by atoms with van der Waals surface area (Å²) >= 11 is 5.85. The highest BCUT2D eigenvalue weighted by Gasteiger charge is 2.36. The minimum atomic E-state index is -0.830. The Hall–Kier alpha value is -2.61. The van der Waals surface area contributed by atoms with Gasteiger partial charge in [-0.2, -0.15) is 0 Å². The monoisotopic (exact) mass is 380 g/mol. The summed E-state index contributed by atoms with van der Waals surface area (Å²) in [5.41, 5.74) is 1.69. The molecule has 26 heavy (non-hydrogen) atoms. The number of methoxy groups -OCH3 is 1. The lowest BCUT2D eigenvalue weighted by atomic mass is 9.95. The van der Waals surface area contributed by atoms with Gasteiger partial charge in [0.1, 0.15) is 17.9 Å². The molecule has 0 bridgehead atoms. The SMILES string of the molecule is COC(=O)[C@@H](C)NC(=O)N1CCc2[nH]cnc2[C@H]1c1ccc(Cl)cc1F. The van der Waals surface area contributed by atoms with E-state index in [4.69, 9.17) is 11.6 Å². The van der Waals surface area contributed by atoms with E-state index >= 15 is 0 Å². The number of carbonyl (C=O) groups excluding carboxylic acids is 2. The lowest BCUT2D eigenvalue weighted by Crippen LogP contribution is -2.50. The van der Waals surface area contributed by atoms with E-state index in [1.165, 1.54) is 37.4 Å². The van der Waals surface area contributed by atoms with E-state index in [1.54, 1.807) is 6.07 Å². The van der Waals surface area contributed by atoms with E-state index in [1.807, 2.05) is 0 Å². The van der Waals surface area contributed by atoms with E-state index in [2.05, 4.69) is 20.0 Å². The number of hydrogen-bond donors (Lipinski definition) is 2. The minimum Gasteiger partial charge on any atom is -0.467 e. The molecule has 0 aliphatic carbocycles. The summed E-state index contributed by atoms with van der Waals surface area (Å²) in [6.45, 7) is 1.85. The molecule has 2 atom stereocenters. The Bertz CT molecular complexity index is 841. The van der Waals surface area contributed by atoms with Crippen LogP contribution in [-0.4, -0.2) is 46.6 Å². The molecule has 9 heteroatoms. The molecule has 0 saturated heterocycles. The van der Waals surface area contributed by atoms with Crippen LogP contribution in [0.4, 0.5) is 9.18 Å². The Morgan fingerprint density at radius 1 is 1.50 bits per heavy atom. The van der Waals surface area contributed by atoms with E-state index in [9.17, 15) is 14.0 Å². The van der Waals surface area contributed by atoms with Crippen LogP contribution >= 0.6 is 11.6 Å². The van der Waals surface area contributed by atoms with Crippen molar-refractivity contribution in [2.45, 2.75) is 25.4 Å². The quantitative estimate of drug-likeness (QED) is 0.800. The second-order valence-corrected chi connectivity index (χ2v) is 6.41. The van der Waals surface area contributed by atoms with Crippen LogP contribution in [0.25, 0.3) is 0 Å². The van der Waals surface area contributed by atoms with Crippen molar-refractivity contribution in [3.63, 3.8) is 0 Å². The lowest BCUT2D eigenvalue weighted by Gasteiger charge is -2.35. The topological polar surface area (TPSA) is 87.3 Å². The predicted molar refractivity (Wildman–Crippen MR) is 92.3 cm³/mol. The van der Waals surface area contributed by atoms with Crippen LogP contribution in [0.5, 0.6) is 0 Å². The summed E-state index contributed by atoms with van der Waals surface area (Å²) in [5, 5.41) is 2.84. The molecule has 138 valence electrons. The molecule has 0 radical (unpaired) electrons. The van der Waals surface area contributed by atoms with E-state index in [0.29, 0.717) is 18.7 Å². The number of benzene rings is 1. The molecule has 2 N–H and O–H groups in total. The summed E-state index contributed by atoms with van der Waals surface area (Å²) in [6.07, 6.45) is 2.06. The maximum absolute atomic E-state index is 14.6. The van der Waals surface area contributed by atoms with Gasteiger partial charge in [0.15, 0.2) is 0 Å². The molecule has 0 unspecified atom stereocenters. The molecule has 3 rings (SSSR count). The van der Waals surface area contributed by atoms with Crippen LogP contribution < -0.4 is 5.32 Å². The summed E-state index contributed by atoms with van der Waals surface area (Å²) < 4.78 is 19.2. The normalized spacial score (nSPS) is 17.4. The second kappa shape index (κ2) is 7.33. The van der Waals surface area contributed by atoms with Gasteiger partial charge in [0.25, 0.3) is 0 Å². The molecule has 1 aromatic heterocycles. The van der Waals surface area contributed by atoms with Crippen molar-refractivity contribution in [2.75, 3.05) is 13.7 Å². The Balaban J connectivity index is 1.96. The van der Waals surface area contributed by atoms with Crippen LogP contribution in [-0.2, 0) is 16.0 Å². The zero-order valence-electron chi connectivity index (χ0n) is 14.3. The minimum absolute atomic E-state index is 0.264. The molecular weight excluding hydrogens is 363 g/mol. The third kappa shape index (κ3) is 3.37. The first-order valence-corrected chi connectivity index (χ1v) is 8.42. The Labute approximate surface area is 154 Å². The van der Waals surface area contributed by atoms with Gasteiger partial charge in [0.05, 0.1) is 19.1 Å². The van der Waals surface area contributed by atoms with Crippen molar-refractivity contribution in [3.05, 3.63) is 52.3 Å². The third-order valence-corrected chi connectivity index (χ3v) is 4.57. The third-order valence-electron chi connectivity index (χ3n) is 4.34. The van der Waals surface area contributed by atoms with Crippen LogP contribution in [0.1, 0.15) is 29.9 Å². The highest BCUT2D eigenvalue weighted by Crippen LogP contribution is 2.35. The number of aromatic amines is 1. The van der Waals surface area contributed by atoms with E-state index < -0.39 is 29.9 Å². The molecule has 2 heterocycles. The zero-order chi connectivity index (χ0) is 18.8. The van der Waals surface area contributed by atoms with Gasteiger partial charge in [-0.1, -0.05) is 17.7 Å². The maximum atomic E-state index is 14.6. The van der Waals surface area contributed by atoms with Gasteiger partial charge in [0, 0.05) is 29.2 Å². The number of ether oxygens (including phenoxy) is 1. The number of amides is 2. The van der Waals surface area contributed by atoms with E-state index in [0.717, 1.165) is 5.69 Å². The zero-order valence-corrected chi connectivity index (χ0v) is 15.0. The predicted octanol–water partition coefficient (Wildman–Crippen LogP) is 2.42. The van der Waals surface area contributed by atoms with Gasteiger partial charge in [0.2, 0.25) is 0 Å². The molecule has 7 nitrogen and oxygen atoms in total. The van der Waals surface area contributed by atoms with Gasteiger partial charge in [-0.05, 0) is 19.1 Å². The highest BCUT2D eigenvalue weighted by atomic mass is 35.5. The highest BCUT2D eigenvalue weighted by molar-refractivity contribution is 6.30. The number of halogens is 2. The number of carbonyl (C=O) groups is 2. The Morgan fingerprint density at radius 3 is 2.96 bits per heavy atom. The summed E-state index contributed by atoms with van der Waals surface area (Å²) in [7, 11) is 1.24. The van der Waals surface area contributed by atoms with Crippen molar-refractivity contribution >= 4 is 23.6 Å². The van der Waals surface area contributed by atoms with Gasteiger partial charge >= 0.3 is 12.0 Å². The van der Waals surface area contributed by atoms with Crippen molar-refractivity contribution in [2.24, 2.45) is 0 Å².